The normalized spacial score (nSPS) is 10.7. The monoisotopic (exact) mass is 463 g/mol. The van der Waals surface area contributed by atoms with Crippen LogP contribution in [0.5, 0.6) is 0 Å². The van der Waals surface area contributed by atoms with Crippen molar-refractivity contribution >= 4 is 44.5 Å². The van der Waals surface area contributed by atoms with E-state index in [0.717, 1.165) is 15.4 Å². The molecule has 0 bridgehead atoms. The topological polar surface area (TPSA) is 88.9 Å². The lowest BCUT2D eigenvalue weighted by atomic mass is 10.2. The average molecular weight is 464 g/mol. The molecule has 8 heteroatoms. The summed E-state index contributed by atoms with van der Waals surface area (Å²) in [7, 11) is 0. The SMILES string of the molecule is O=C(CNC(=O)c1cnc2c(cnn2Cc2ccccc2)c1)Nc1ccccc1Br. The van der Waals surface area contributed by atoms with Gasteiger partial charge in [0.1, 0.15) is 0 Å². The second kappa shape index (κ2) is 8.87. The number of rotatable bonds is 6. The fraction of sp³-hybridized carbons (Fsp3) is 0.0909. The molecule has 0 aliphatic carbocycles. The molecule has 2 aromatic carbocycles. The number of fused-ring (bicyclic) bond motifs is 1. The summed E-state index contributed by atoms with van der Waals surface area (Å²) >= 11 is 3.37. The molecule has 0 fully saturated rings. The molecule has 2 amide bonds. The molecule has 0 radical (unpaired) electrons. The van der Waals surface area contributed by atoms with Crippen LogP contribution >= 0.6 is 15.9 Å². The second-order valence-electron chi connectivity index (χ2n) is 6.64. The van der Waals surface area contributed by atoms with Crippen molar-refractivity contribution in [3.05, 3.63) is 88.7 Å². The van der Waals surface area contributed by atoms with E-state index in [-0.39, 0.29) is 18.4 Å². The number of amides is 2. The molecule has 2 N–H and O–H groups in total. The molecule has 0 spiro atoms. The summed E-state index contributed by atoms with van der Waals surface area (Å²) in [6, 6.07) is 19.0. The van der Waals surface area contributed by atoms with Gasteiger partial charge in [0.05, 0.1) is 30.5 Å². The molecule has 2 heterocycles. The first-order valence-corrected chi connectivity index (χ1v) is 10.1. The van der Waals surface area contributed by atoms with E-state index in [2.05, 4.69) is 36.6 Å². The fourth-order valence-corrected chi connectivity index (χ4v) is 3.37. The van der Waals surface area contributed by atoms with Crippen LogP contribution in [0.3, 0.4) is 0 Å². The minimum absolute atomic E-state index is 0.147. The van der Waals surface area contributed by atoms with E-state index >= 15 is 0 Å². The Labute approximate surface area is 181 Å². The first kappa shape index (κ1) is 19.8. The van der Waals surface area contributed by atoms with Crippen LogP contribution in [-0.2, 0) is 11.3 Å². The molecule has 0 unspecified atom stereocenters. The van der Waals surface area contributed by atoms with Gasteiger partial charge >= 0.3 is 0 Å². The van der Waals surface area contributed by atoms with Gasteiger partial charge in [-0.25, -0.2) is 9.67 Å². The van der Waals surface area contributed by atoms with Crippen molar-refractivity contribution < 1.29 is 9.59 Å². The van der Waals surface area contributed by atoms with E-state index in [1.165, 1.54) is 6.20 Å². The highest BCUT2D eigenvalue weighted by Crippen LogP contribution is 2.21. The highest BCUT2D eigenvalue weighted by atomic mass is 79.9. The van der Waals surface area contributed by atoms with E-state index in [4.69, 9.17) is 0 Å². The van der Waals surface area contributed by atoms with E-state index in [1.54, 1.807) is 23.0 Å². The van der Waals surface area contributed by atoms with Crippen LogP contribution in [-0.4, -0.2) is 33.1 Å². The van der Waals surface area contributed by atoms with Gasteiger partial charge in [0.25, 0.3) is 5.91 Å². The molecule has 0 aliphatic heterocycles. The van der Waals surface area contributed by atoms with Crippen molar-refractivity contribution in [2.24, 2.45) is 0 Å². The van der Waals surface area contributed by atoms with Gasteiger partial charge in [-0.1, -0.05) is 42.5 Å². The summed E-state index contributed by atoms with van der Waals surface area (Å²) in [5.74, 6) is -0.692. The van der Waals surface area contributed by atoms with Crippen molar-refractivity contribution in [3.63, 3.8) is 0 Å². The molecule has 4 aromatic rings. The van der Waals surface area contributed by atoms with E-state index < -0.39 is 0 Å². The zero-order valence-corrected chi connectivity index (χ0v) is 17.5. The zero-order valence-electron chi connectivity index (χ0n) is 15.9. The van der Waals surface area contributed by atoms with Crippen molar-refractivity contribution in [1.29, 1.82) is 0 Å². The maximum absolute atomic E-state index is 12.4. The van der Waals surface area contributed by atoms with Crippen molar-refractivity contribution in [1.82, 2.24) is 20.1 Å². The predicted octanol–water partition coefficient (Wildman–Crippen LogP) is 3.61. The highest BCUT2D eigenvalue weighted by Gasteiger charge is 2.12. The molecular formula is C22H18BrN5O2. The lowest BCUT2D eigenvalue weighted by Crippen LogP contribution is -2.33. The zero-order chi connectivity index (χ0) is 20.9. The third-order valence-electron chi connectivity index (χ3n) is 4.47. The Kier molecular flexibility index (Phi) is 5.85. The second-order valence-corrected chi connectivity index (χ2v) is 7.49. The number of hydrogen-bond donors (Lipinski definition) is 2. The number of halogens is 1. The molecule has 7 nitrogen and oxygen atoms in total. The Hall–Kier alpha value is -3.52. The van der Waals surface area contributed by atoms with E-state index in [0.29, 0.717) is 23.4 Å². The number of aromatic nitrogens is 3. The standard InChI is InChI=1S/C22H18BrN5O2/c23-18-8-4-5-9-19(18)27-20(29)13-25-22(30)17-10-16-12-26-28(21(16)24-11-17)14-15-6-2-1-3-7-15/h1-12H,13-14H2,(H,25,30)(H,27,29). The Bertz CT molecular complexity index is 1210. The van der Waals surface area contributed by atoms with Crippen LogP contribution in [0.4, 0.5) is 5.69 Å². The van der Waals surface area contributed by atoms with Gasteiger partial charge in [-0.2, -0.15) is 5.10 Å². The Morgan fingerprint density at radius 2 is 1.77 bits per heavy atom. The number of nitrogens with zero attached hydrogens (tertiary/aromatic N) is 3. The van der Waals surface area contributed by atoms with Gasteiger partial charge < -0.3 is 10.6 Å². The van der Waals surface area contributed by atoms with Gasteiger partial charge in [-0.3, -0.25) is 9.59 Å². The highest BCUT2D eigenvalue weighted by molar-refractivity contribution is 9.10. The van der Waals surface area contributed by atoms with Gasteiger partial charge in [0, 0.05) is 16.1 Å². The Morgan fingerprint density at radius 3 is 2.57 bits per heavy atom. The number of pyridine rings is 1. The minimum Gasteiger partial charge on any atom is -0.343 e. The van der Waals surface area contributed by atoms with Gasteiger partial charge in [-0.15, -0.1) is 0 Å². The Morgan fingerprint density at radius 1 is 1.00 bits per heavy atom. The van der Waals surface area contributed by atoms with Crippen molar-refractivity contribution in [2.75, 3.05) is 11.9 Å². The number of anilines is 1. The maximum atomic E-state index is 12.4. The van der Waals surface area contributed by atoms with Gasteiger partial charge in [0.15, 0.2) is 5.65 Å². The molecule has 4 rings (SSSR count). The van der Waals surface area contributed by atoms with Crippen LogP contribution in [0.15, 0.2) is 77.5 Å². The van der Waals surface area contributed by atoms with Crippen LogP contribution in [0.25, 0.3) is 11.0 Å². The summed E-state index contributed by atoms with van der Waals surface area (Å²) in [5.41, 5.74) is 2.82. The smallest absolute Gasteiger partial charge is 0.253 e. The fourth-order valence-electron chi connectivity index (χ4n) is 2.99. The molecule has 30 heavy (non-hydrogen) atoms. The molecule has 0 aliphatic rings. The van der Waals surface area contributed by atoms with Crippen LogP contribution in [0, 0.1) is 0 Å². The van der Waals surface area contributed by atoms with E-state index in [9.17, 15) is 9.59 Å². The molecule has 0 saturated carbocycles. The largest absolute Gasteiger partial charge is 0.343 e. The summed E-state index contributed by atoms with van der Waals surface area (Å²) in [5, 5.41) is 10.5. The van der Waals surface area contributed by atoms with Crippen molar-refractivity contribution in [2.45, 2.75) is 6.54 Å². The predicted molar refractivity (Wildman–Crippen MR) is 118 cm³/mol. The number of para-hydroxylation sites is 1. The molecule has 0 atom stereocenters. The third-order valence-corrected chi connectivity index (χ3v) is 5.16. The first-order chi connectivity index (χ1) is 14.6. The van der Waals surface area contributed by atoms with Crippen LogP contribution in [0.2, 0.25) is 0 Å². The lowest BCUT2D eigenvalue weighted by molar-refractivity contribution is -0.115. The molecular weight excluding hydrogens is 446 g/mol. The quantitative estimate of drug-likeness (QED) is 0.457. The minimum atomic E-state index is -0.373. The lowest BCUT2D eigenvalue weighted by Gasteiger charge is -2.08. The summed E-state index contributed by atoms with van der Waals surface area (Å²) < 4.78 is 2.56. The maximum Gasteiger partial charge on any atom is 0.253 e. The van der Waals surface area contributed by atoms with Gasteiger partial charge in [0.2, 0.25) is 5.91 Å². The van der Waals surface area contributed by atoms with Crippen LogP contribution in [0.1, 0.15) is 15.9 Å². The van der Waals surface area contributed by atoms with E-state index in [1.807, 2.05) is 48.5 Å². The van der Waals surface area contributed by atoms with Crippen LogP contribution < -0.4 is 10.6 Å². The molecule has 2 aromatic heterocycles. The Balaban J connectivity index is 1.40. The summed E-state index contributed by atoms with van der Waals surface area (Å²) in [6.45, 7) is 0.448. The molecule has 150 valence electrons. The van der Waals surface area contributed by atoms with Crippen molar-refractivity contribution in [3.8, 4) is 0 Å². The number of benzene rings is 2. The number of nitrogens with one attached hydrogen (secondary N) is 2. The molecule has 0 saturated heterocycles. The van der Waals surface area contributed by atoms with Gasteiger partial charge in [-0.05, 0) is 39.7 Å². The average Bonchev–Trinajstić information content (AvgIpc) is 3.16. The number of carbonyl (C=O) groups excluding carboxylic acids is 2. The number of carbonyl (C=O) groups is 2. The first-order valence-electron chi connectivity index (χ1n) is 9.28. The summed E-state index contributed by atoms with van der Waals surface area (Å²) in [6.07, 6.45) is 3.17. The summed E-state index contributed by atoms with van der Waals surface area (Å²) in [4.78, 5) is 29.0. The number of hydrogen-bond acceptors (Lipinski definition) is 4. The third kappa shape index (κ3) is 4.55.